The highest BCUT2D eigenvalue weighted by atomic mass is 16.5. The van der Waals surface area contributed by atoms with E-state index in [1.165, 1.54) is 6.07 Å². The van der Waals surface area contributed by atoms with Gasteiger partial charge in [-0.15, -0.1) is 0 Å². The molecule has 0 aromatic heterocycles. The molecule has 2 rings (SSSR count). The molecule has 0 atom stereocenters. The molecule has 0 radical (unpaired) electrons. The van der Waals surface area contributed by atoms with Crippen molar-refractivity contribution in [2.24, 2.45) is 0 Å². The number of benzene rings is 1. The standard InChI is InChI=1S/C12H15NO4/c13-11-9(12(14)15)2-1-3-10(11)17-8-4-6-16-7-5-8/h1-3,8H,4-7,13H2,(H,14,15). The first-order valence-electron chi connectivity index (χ1n) is 5.54. The van der Waals surface area contributed by atoms with Gasteiger partial charge in [0.15, 0.2) is 0 Å². The van der Waals surface area contributed by atoms with Crippen LogP contribution in [-0.2, 0) is 4.74 Å². The van der Waals surface area contributed by atoms with E-state index in [-0.39, 0.29) is 17.4 Å². The van der Waals surface area contributed by atoms with Crippen molar-refractivity contribution in [1.82, 2.24) is 0 Å². The van der Waals surface area contributed by atoms with Crippen molar-refractivity contribution in [2.45, 2.75) is 18.9 Å². The molecule has 1 heterocycles. The minimum absolute atomic E-state index is 0.0510. The van der Waals surface area contributed by atoms with Crippen LogP contribution in [0.25, 0.3) is 0 Å². The smallest absolute Gasteiger partial charge is 0.337 e. The lowest BCUT2D eigenvalue weighted by molar-refractivity contribution is 0.0258. The minimum atomic E-state index is -1.04. The first kappa shape index (κ1) is 11.7. The quantitative estimate of drug-likeness (QED) is 0.779. The molecule has 1 aliphatic heterocycles. The largest absolute Gasteiger partial charge is 0.488 e. The van der Waals surface area contributed by atoms with E-state index in [1.54, 1.807) is 12.1 Å². The van der Waals surface area contributed by atoms with Crippen molar-refractivity contribution < 1.29 is 19.4 Å². The lowest BCUT2D eigenvalue weighted by Gasteiger charge is -2.24. The zero-order chi connectivity index (χ0) is 12.3. The number of ether oxygens (including phenoxy) is 2. The Hall–Kier alpha value is -1.75. The first-order valence-corrected chi connectivity index (χ1v) is 5.54. The van der Waals surface area contributed by atoms with Crippen LogP contribution in [0.15, 0.2) is 18.2 Å². The lowest BCUT2D eigenvalue weighted by atomic mass is 10.1. The van der Waals surface area contributed by atoms with E-state index in [2.05, 4.69) is 0 Å². The van der Waals surface area contributed by atoms with Gasteiger partial charge in [0.1, 0.15) is 11.9 Å². The Bertz CT molecular complexity index is 413. The van der Waals surface area contributed by atoms with Crippen molar-refractivity contribution in [3.63, 3.8) is 0 Å². The van der Waals surface area contributed by atoms with Crippen LogP contribution in [0.3, 0.4) is 0 Å². The van der Waals surface area contributed by atoms with Crippen LogP contribution in [0, 0.1) is 0 Å². The molecule has 3 N–H and O–H groups in total. The number of para-hydroxylation sites is 1. The second-order valence-electron chi connectivity index (χ2n) is 3.95. The number of carboxylic acid groups (broad SMARTS) is 1. The number of carbonyl (C=O) groups is 1. The first-order chi connectivity index (χ1) is 8.18. The fraction of sp³-hybridized carbons (Fsp3) is 0.417. The summed E-state index contributed by atoms with van der Waals surface area (Å²) in [6.07, 6.45) is 1.66. The summed E-state index contributed by atoms with van der Waals surface area (Å²) >= 11 is 0. The molecule has 1 aromatic carbocycles. The Morgan fingerprint density at radius 3 is 2.76 bits per heavy atom. The highest BCUT2D eigenvalue weighted by Gasteiger charge is 2.18. The van der Waals surface area contributed by atoms with E-state index in [4.69, 9.17) is 20.3 Å². The van der Waals surface area contributed by atoms with Gasteiger partial charge in [0.05, 0.1) is 24.5 Å². The topological polar surface area (TPSA) is 81.8 Å². The molecule has 0 bridgehead atoms. The number of hydrogen-bond acceptors (Lipinski definition) is 4. The van der Waals surface area contributed by atoms with E-state index in [1.807, 2.05) is 0 Å². The molecule has 1 aliphatic rings. The van der Waals surface area contributed by atoms with Gasteiger partial charge in [-0.3, -0.25) is 0 Å². The summed E-state index contributed by atoms with van der Waals surface area (Å²) in [6, 6.07) is 4.79. The molecule has 1 fully saturated rings. The van der Waals surface area contributed by atoms with Gasteiger partial charge in [-0.05, 0) is 12.1 Å². The average molecular weight is 237 g/mol. The summed E-state index contributed by atoms with van der Waals surface area (Å²) in [7, 11) is 0. The molecule has 0 unspecified atom stereocenters. The third-order valence-corrected chi connectivity index (χ3v) is 2.76. The molecule has 1 saturated heterocycles. The number of nitrogens with two attached hydrogens (primary N) is 1. The second-order valence-corrected chi connectivity index (χ2v) is 3.95. The number of hydrogen-bond donors (Lipinski definition) is 2. The molecule has 0 amide bonds. The second kappa shape index (κ2) is 5.05. The number of carboxylic acids is 1. The Morgan fingerprint density at radius 1 is 1.41 bits per heavy atom. The average Bonchev–Trinajstić information content (AvgIpc) is 2.33. The van der Waals surface area contributed by atoms with Gasteiger partial charge in [0.25, 0.3) is 0 Å². The van der Waals surface area contributed by atoms with Crippen LogP contribution in [0.1, 0.15) is 23.2 Å². The van der Waals surface area contributed by atoms with Crippen LogP contribution in [0.2, 0.25) is 0 Å². The van der Waals surface area contributed by atoms with Crippen LogP contribution >= 0.6 is 0 Å². The zero-order valence-electron chi connectivity index (χ0n) is 9.39. The third kappa shape index (κ3) is 2.68. The van der Waals surface area contributed by atoms with Gasteiger partial charge in [0, 0.05) is 12.8 Å². The maximum Gasteiger partial charge on any atom is 0.337 e. The fourth-order valence-electron chi connectivity index (χ4n) is 1.81. The molecule has 0 spiro atoms. The number of anilines is 1. The summed E-state index contributed by atoms with van der Waals surface area (Å²) in [4.78, 5) is 10.9. The molecule has 5 nitrogen and oxygen atoms in total. The highest BCUT2D eigenvalue weighted by molar-refractivity contribution is 5.95. The van der Waals surface area contributed by atoms with Gasteiger partial charge < -0.3 is 20.3 Å². The van der Waals surface area contributed by atoms with Crippen molar-refractivity contribution in [1.29, 1.82) is 0 Å². The van der Waals surface area contributed by atoms with Crippen molar-refractivity contribution >= 4 is 11.7 Å². The monoisotopic (exact) mass is 237 g/mol. The molecule has 0 saturated carbocycles. The SMILES string of the molecule is Nc1c(OC2CCOCC2)cccc1C(=O)O. The summed E-state index contributed by atoms with van der Waals surface area (Å²) in [6.45, 7) is 1.34. The maximum atomic E-state index is 10.9. The van der Waals surface area contributed by atoms with E-state index in [0.717, 1.165) is 12.8 Å². The van der Waals surface area contributed by atoms with E-state index < -0.39 is 5.97 Å². The zero-order valence-corrected chi connectivity index (χ0v) is 9.39. The van der Waals surface area contributed by atoms with Crippen LogP contribution < -0.4 is 10.5 Å². The third-order valence-electron chi connectivity index (χ3n) is 2.76. The predicted octanol–water partition coefficient (Wildman–Crippen LogP) is 1.52. The summed E-state index contributed by atoms with van der Waals surface area (Å²) < 4.78 is 10.9. The van der Waals surface area contributed by atoms with Crippen molar-refractivity contribution in [3.8, 4) is 5.75 Å². The van der Waals surface area contributed by atoms with Gasteiger partial charge in [0.2, 0.25) is 0 Å². The normalized spacial score (nSPS) is 16.7. The Balaban J connectivity index is 2.15. The lowest BCUT2D eigenvalue weighted by Crippen LogP contribution is -2.26. The van der Waals surface area contributed by atoms with Crippen molar-refractivity contribution in [2.75, 3.05) is 18.9 Å². The highest BCUT2D eigenvalue weighted by Crippen LogP contribution is 2.27. The van der Waals surface area contributed by atoms with Gasteiger partial charge in [-0.25, -0.2) is 4.79 Å². The van der Waals surface area contributed by atoms with Gasteiger partial charge in [-0.2, -0.15) is 0 Å². The van der Waals surface area contributed by atoms with Crippen LogP contribution in [0.5, 0.6) is 5.75 Å². The number of aromatic carboxylic acids is 1. The number of rotatable bonds is 3. The fourth-order valence-corrected chi connectivity index (χ4v) is 1.81. The predicted molar refractivity (Wildman–Crippen MR) is 62.3 cm³/mol. The summed E-state index contributed by atoms with van der Waals surface area (Å²) in [5.74, 6) is -0.600. The van der Waals surface area contributed by atoms with Crippen molar-refractivity contribution in [3.05, 3.63) is 23.8 Å². The Morgan fingerprint density at radius 2 is 2.12 bits per heavy atom. The van der Waals surface area contributed by atoms with Gasteiger partial charge >= 0.3 is 5.97 Å². The Labute approximate surface area is 99.1 Å². The van der Waals surface area contributed by atoms with E-state index in [9.17, 15) is 4.79 Å². The van der Waals surface area contributed by atoms with E-state index in [0.29, 0.717) is 19.0 Å². The van der Waals surface area contributed by atoms with Crippen LogP contribution in [0.4, 0.5) is 5.69 Å². The molecule has 92 valence electrons. The van der Waals surface area contributed by atoms with E-state index >= 15 is 0 Å². The minimum Gasteiger partial charge on any atom is -0.488 e. The Kier molecular flexibility index (Phi) is 3.49. The molecule has 1 aromatic rings. The number of nitrogen functional groups attached to an aromatic ring is 1. The van der Waals surface area contributed by atoms with Crippen LogP contribution in [-0.4, -0.2) is 30.4 Å². The molecular formula is C12H15NO4. The molecule has 0 aliphatic carbocycles. The summed E-state index contributed by atoms with van der Waals surface area (Å²) in [5.41, 5.74) is 6.03. The summed E-state index contributed by atoms with van der Waals surface area (Å²) in [5, 5.41) is 8.94. The molecule has 17 heavy (non-hydrogen) atoms. The molecule has 5 heteroatoms. The van der Waals surface area contributed by atoms with Gasteiger partial charge in [-0.1, -0.05) is 6.07 Å². The maximum absolute atomic E-state index is 10.9. The molecular weight excluding hydrogens is 222 g/mol.